The van der Waals surface area contributed by atoms with Gasteiger partial charge in [0.25, 0.3) is 0 Å². The fraction of sp³-hybridized carbons (Fsp3) is 0.385. The lowest BCUT2D eigenvalue weighted by Gasteiger charge is -2.22. The van der Waals surface area contributed by atoms with E-state index < -0.39 is 16.1 Å². The molecule has 2 unspecified atom stereocenters. The molecule has 2 atom stereocenters. The second-order valence-electron chi connectivity index (χ2n) is 9.54. The van der Waals surface area contributed by atoms with Gasteiger partial charge in [-0.3, -0.25) is 0 Å². The number of hydrogen-bond acceptors (Lipinski definition) is 2. The first kappa shape index (κ1) is 23.9. The molecule has 0 bridgehead atoms. The lowest BCUT2D eigenvalue weighted by atomic mass is 9.82. The molecular formula is C26H34O2Si2. The Morgan fingerprint density at radius 1 is 0.567 bits per heavy atom. The number of ether oxygens (including phenoxy) is 2. The molecule has 0 saturated heterocycles. The number of rotatable bonds is 5. The number of hydrogen-bond donors (Lipinski definition) is 0. The highest BCUT2D eigenvalue weighted by atomic mass is 28.3. The Hall–Kier alpha value is -2.41. The van der Waals surface area contributed by atoms with Crippen molar-refractivity contribution in [3.63, 3.8) is 0 Å². The van der Waals surface area contributed by atoms with Crippen LogP contribution in [0.2, 0.25) is 39.3 Å². The van der Waals surface area contributed by atoms with Gasteiger partial charge in [-0.05, 0) is 35.4 Å². The van der Waals surface area contributed by atoms with Gasteiger partial charge >= 0.3 is 0 Å². The summed E-state index contributed by atoms with van der Waals surface area (Å²) in [6.07, 6.45) is 0. The standard InChI is InChI=1S/C26H34O2Si2/c1-27-23-13-9-21(10-14-23)25(17-19-29(3,4)5)26(18-20-30(6,7)8)22-11-15-24(28-2)16-12-22/h9-16,25-26H,1-8H3. The van der Waals surface area contributed by atoms with Crippen LogP contribution in [0.3, 0.4) is 0 Å². The van der Waals surface area contributed by atoms with Crippen LogP contribution in [0.4, 0.5) is 0 Å². The van der Waals surface area contributed by atoms with Crippen molar-refractivity contribution in [3.8, 4) is 34.4 Å². The topological polar surface area (TPSA) is 18.5 Å². The Morgan fingerprint density at radius 2 is 0.867 bits per heavy atom. The van der Waals surface area contributed by atoms with Gasteiger partial charge in [-0.25, -0.2) is 0 Å². The van der Waals surface area contributed by atoms with Crippen LogP contribution in [0.15, 0.2) is 48.5 Å². The first-order valence-electron chi connectivity index (χ1n) is 10.4. The van der Waals surface area contributed by atoms with Crippen molar-refractivity contribution < 1.29 is 9.47 Å². The maximum atomic E-state index is 5.36. The van der Waals surface area contributed by atoms with Gasteiger partial charge in [0.2, 0.25) is 0 Å². The Labute approximate surface area is 185 Å². The van der Waals surface area contributed by atoms with E-state index >= 15 is 0 Å². The van der Waals surface area contributed by atoms with E-state index in [0.29, 0.717) is 0 Å². The van der Waals surface area contributed by atoms with Gasteiger partial charge in [0.05, 0.1) is 26.1 Å². The van der Waals surface area contributed by atoms with E-state index in [4.69, 9.17) is 9.47 Å². The molecule has 0 aromatic heterocycles. The van der Waals surface area contributed by atoms with E-state index in [9.17, 15) is 0 Å². The van der Waals surface area contributed by atoms with E-state index in [2.05, 4.69) is 86.5 Å². The Morgan fingerprint density at radius 3 is 1.10 bits per heavy atom. The van der Waals surface area contributed by atoms with Gasteiger partial charge in [0.15, 0.2) is 0 Å². The Kier molecular flexibility index (Phi) is 8.01. The van der Waals surface area contributed by atoms with E-state index in [1.165, 1.54) is 11.1 Å². The Bertz CT molecular complexity index is 860. The van der Waals surface area contributed by atoms with Crippen LogP contribution < -0.4 is 9.47 Å². The molecule has 0 aliphatic heterocycles. The fourth-order valence-electron chi connectivity index (χ4n) is 2.93. The third-order valence-electron chi connectivity index (χ3n) is 4.49. The molecule has 0 aliphatic carbocycles. The molecule has 0 amide bonds. The maximum absolute atomic E-state index is 5.36. The Balaban J connectivity index is 2.64. The fourth-order valence-corrected chi connectivity index (χ4v) is 4.11. The zero-order valence-corrected chi connectivity index (χ0v) is 21.6. The first-order chi connectivity index (χ1) is 14.0. The molecule has 30 heavy (non-hydrogen) atoms. The van der Waals surface area contributed by atoms with Crippen LogP contribution in [0.1, 0.15) is 23.0 Å². The SMILES string of the molecule is COc1ccc(C(C#C[Si](C)(C)C)C(C#C[Si](C)(C)C)c2ccc(OC)cc2)cc1. The minimum atomic E-state index is -1.54. The smallest absolute Gasteiger partial charge is 0.129 e. The molecule has 0 N–H and O–H groups in total. The van der Waals surface area contributed by atoms with Gasteiger partial charge in [-0.2, -0.15) is 0 Å². The molecule has 2 aromatic rings. The normalized spacial score (nSPS) is 13.2. The summed E-state index contributed by atoms with van der Waals surface area (Å²) in [7, 11) is 0.309. The summed E-state index contributed by atoms with van der Waals surface area (Å²) in [5.74, 6) is 8.96. The third-order valence-corrected chi connectivity index (χ3v) is 6.28. The van der Waals surface area contributed by atoms with Crippen LogP contribution in [-0.2, 0) is 0 Å². The largest absolute Gasteiger partial charge is 0.497 e. The molecular weight excluding hydrogens is 400 g/mol. The van der Waals surface area contributed by atoms with Crippen LogP contribution in [0.5, 0.6) is 11.5 Å². The molecule has 0 fully saturated rings. The van der Waals surface area contributed by atoms with E-state index in [-0.39, 0.29) is 11.8 Å². The van der Waals surface area contributed by atoms with Gasteiger partial charge in [0, 0.05) is 0 Å². The second-order valence-corrected chi connectivity index (χ2v) is 19.0. The summed E-state index contributed by atoms with van der Waals surface area (Å²) >= 11 is 0. The molecule has 0 aliphatic rings. The van der Waals surface area contributed by atoms with Crippen molar-refractivity contribution in [2.75, 3.05) is 14.2 Å². The van der Waals surface area contributed by atoms with Crippen LogP contribution in [-0.4, -0.2) is 30.4 Å². The highest BCUT2D eigenvalue weighted by Crippen LogP contribution is 2.34. The predicted molar refractivity (Wildman–Crippen MR) is 134 cm³/mol. The van der Waals surface area contributed by atoms with Crippen LogP contribution in [0, 0.1) is 22.9 Å². The number of methoxy groups -OCH3 is 2. The first-order valence-corrected chi connectivity index (χ1v) is 17.4. The minimum absolute atomic E-state index is 0.000115. The molecule has 158 valence electrons. The zero-order chi connectivity index (χ0) is 22.4. The summed E-state index contributed by atoms with van der Waals surface area (Å²) in [5.41, 5.74) is 9.54. The van der Waals surface area contributed by atoms with Crippen molar-refractivity contribution in [1.29, 1.82) is 0 Å². The summed E-state index contributed by atoms with van der Waals surface area (Å²) in [6, 6.07) is 16.5. The van der Waals surface area contributed by atoms with Crippen molar-refractivity contribution in [3.05, 3.63) is 59.7 Å². The molecule has 0 saturated carbocycles. The minimum Gasteiger partial charge on any atom is -0.497 e. The van der Waals surface area contributed by atoms with E-state index in [1.54, 1.807) is 14.2 Å². The molecule has 0 heterocycles. The van der Waals surface area contributed by atoms with Crippen LogP contribution in [0.25, 0.3) is 0 Å². The summed E-state index contributed by atoms with van der Waals surface area (Å²) in [4.78, 5) is 0. The molecule has 2 rings (SSSR count). The summed E-state index contributed by atoms with van der Waals surface area (Å²) < 4.78 is 10.7. The molecule has 2 aromatic carbocycles. The van der Waals surface area contributed by atoms with Crippen molar-refractivity contribution in [1.82, 2.24) is 0 Å². The van der Waals surface area contributed by atoms with Gasteiger partial charge < -0.3 is 9.47 Å². The second kappa shape index (κ2) is 10.1. The lowest BCUT2D eigenvalue weighted by Crippen LogP contribution is -2.19. The van der Waals surface area contributed by atoms with Gasteiger partial charge in [0.1, 0.15) is 27.6 Å². The average Bonchev–Trinajstić information content (AvgIpc) is 2.69. The third kappa shape index (κ3) is 7.45. The van der Waals surface area contributed by atoms with Gasteiger partial charge in [-0.15, -0.1) is 22.9 Å². The van der Waals surface area contributed by atoms with Gasteiger partial charge in [-0.1, -0.05) is 63.5 Å². The quantitative estimate of drug-likeness (QED) is 0.404. The van der Waals surface area contributed by atoms with Crippen LogP contribution >= 0.6 is 0 Å². The zero-order valence-electron chi connectivity index (χ0n) is 19.6. The molecule has 0 spiro atoms. The maximum Gasteiger partial charge on any atom is 0.129 e. The molecule has 0 radical (unpaired) electrons. The summed E-state index contributed by atoms with van der Waals surface area (Å²) in [6.45, 7) is 13.7. The van der Waals surface area contributed by atoms with Crippen molar-refractivity contribution >= 4 is 16.1 Å². The molecule has 2 nitrogen and oxygen atoms in total. The summed E-state index contributed by atoms with van der Waals surface area (Å²) in [5, 5.41) is 0. The van der Waals surface area contributed by atoms with E-state index in [1.807, 2.05) is 24.3 Å². The lowest BCUT2D eigenvalue weighted by molar-refractivity contribution is 0.414. The predicted octanol–water partition coefficient (Wildman–Crippen LogP) is 6.33. The van der Waals surface area contributed by atoms with E-state index in [0.717, 1.165) is 11.5 Å². The number of benzene rings is 2. The monoisotopic (exact) mass is 434 g/mol. The highest BCUT2D eigenvalue weighted by molar-refractivity contribution is 6.84. The van der Waals surface area contributed by atoms with Crippen molar-refractivity contribution in [2.45, 2.75) is 51.1 Å². The average molecular weight is 435 g/mol. The highest BCUT2D eigenvalue weighted by Gasteiger charge is 2.24. The van der Waals surface area contributed by atoms with Crippen molar-refractivity contribution in [2.24, 2.45) is 0 Å². The molecule has 4 heteroatoms.